The van der Waals surface area contributed by atoms with Crippen molar-refractivity contribution in [1.29, 1.82) is 0 Å². The van der Waals surface area contributed by atoms with Crippen molar-refractivity contribution in [1.82, 2.24) is 10.4 Å². The monoisotopic (exact) mass is 323 g/mol. The van der Waals surface area contributed by atoms with E-state index in [2.05, 4.69) is 15.5 Å². The van der Waals surface area contributed by atoms with Crippen molar-refractivity contribution in [3.05, 3.63) is 69.9 Å². The number of rotatable bonds is 4. The number of carbonyl (C=O) groups excluding carboxylic acids is 1. The molecule has 24 heavy (non-hydrogen) atoms. The van der Waals surface area contributed by atoms with Crippen LogP contribution < -0.4 is 10.5 Å². The van der Waals surface area contributed by atoms with Crippen molar-refractivity contribution >= 4 is 28.7 Å². The molecule has 0 fully saturated rings. The molecule has 3 rings (SSSR count). The average molecular weight is 323 g/mol. The third-order valence-corrected chi connectivity index (χ3v) is 3.41. The summed E-state index contributed by atoms with van der Waals surface area (Å²) in [5, 5.41) is 26.8. The number of fused-ring (bicyclic) bond motifs is 1. The second-order valence-corrected chi connectivity index (χ2v) is 4.93. The quantitative estimate of drug-likeness (QED) is 0.432. The number of nitrogens with one attached hydrogen (secondary N) is 2. The maximum Gasteiger partial charge on any atom is 0.273 e. The average Bonchev–Trinajstić information content (AvgIpc) is 3.00. The number of hydrogen-bond donors (Lipinski definition) is 2. The van der Waals surface area contributed by atoms with Crippen LogP contribution >= 0.6 is 0 Å². The number of amides is 1. The van der Waals surface area contributed by atoms with Crippen LogP contribution in [0.25, 0.3) is 10.9 Å². The standard InChI is InChI=1S/C16H12N4O4/c21-15-6-5-11(20(23)24)7-10(15)8-18-19-16(22)13-9-17-14-4-2-1-3-12(13)14/h1-9,17,21H,(H,19,22)/p-1/b18-8-. The maximum absolute atomic E-state index is 12.1. The van der Waals surface area contributed by atoms with Gasteiger partial charge in [0.2, 0.25) is 0 Å². The number of nitrogens with zero attached hydrogens (tertiary/aromatic N) is 2. The molecule has 0 aliphatic heterocycles. The maximum atomic E-state index is 12.1. The third kappa shape index (κ3) is 2.93. The summed E-state index contributed by atoms with van der Waals surface area (Å²) in [6, 6.07) is 10.6. The minimum Gasteiger partial charge on any atom is -0.872 e. The molecule has 8 nitrogen and oxygen atoms in total. The molecule has 0 spiro atoms. The summed E-state index contributed by atoms with van der Waals surface area (Å²) in [7, 11) is 0. The van der Waals surface area contributed by atoms with Crippen molar-refractivity contribution < 1.29 is 14.8 Å². The highest BCUT2D eigenvalue weighted by Crippen LogP contribution is 2.19. The molecule has 3 aromatic rings. The molecular weight excluding hydrogens is 312 g/mol. The van der Waals surface area contributed by atoms with Crippen molar-refractivity contribution in [2.75, 3.05) is 0 Å². The van der Waals surface area contributed by atoms with E-state index in [1.54, 1.807) is 12.3 Å². The molecule has 1 heterocycles. The molecule has 8 heteroatoms. The summed E-state index contributed by atoms with van der Waals surface area (Å²) in [6.45, 7) is 0. The number of benzene rings is 2. The first-order valence-corrected chi connectivity index (χ1v) is 6.91. The van der Waals surface area contributed by atoms with Crippen LogP contribution in [0.5, 0.6) is 5.75 Å². The van der Waals surface area contributed by atoms with Crippen LogP contribution in [0.15, 0.2) is 53.8 Å². The molecule has 1 aromatic heterocycles. The Balaban J connectivity index is 1.78. The molecule has 0 radical (unpaired) electrons. The first-order valence-electron chi connectivity index (χ1n) is 6.91. The van der Waals surface area contributed by atoms with Gasteiger partial charge in [0.05, 0.1) is 16.7 Å². The van der Waals surface area contributed by atoms with Crippen LogP contribution in [-0.4, -0.2) is 22.0 Å². The van der Waals surface area contributed by atoms with Crippen LogP contribution in [0.4, 0.5) is 5.69 Å². The number of para-hydroxylation sites is 1. The Morgan fingerprint density at radius 1 is 1.25 bits per heavy atom. The van der Waals surface area contributed by atoms with Crippen molar-refractivity contribution in [3.8, 4) is 5.75 Å². The fourth-order valence-corrected chi connectivity index (χ4v) is 2.23. The smallest absolute Gasteiger partial charge is 0.273 e. The largest absolute Gasteiger partial charge is 0.872 e. The first-order chi connectivity index (χ1) is 11.6. The van der Waals surface area contributed by atoms with E-state index in [-0.39, 0.29) is 11.3 Å². The summed E-state index contributed by atoms with van der Waals surface area (Å²) < 4.78 is 0. The topological polar surface area (TPSA) is 123 Å². The van der Waals surface area contributed by atoms with E-state index in [1.807, 2.05) is 18.2 Å². The molecule has 0 unspecified atom stereocenters. The van der Waals surface area contributed by atoms with Gasteiger partial charge >= 0.3 is 0 Å². The van der Waals surface area contributed by atoms with Crippen LogP contribution in [0.1, 0.15) is 15.9 Å². The molecule has 0 saturated heterocycles. The number of hydrogen-bond acceptors (Lipinski definition) is 5. The summed E-state index contributed by atoms with van der Waals surface area (Å²) >= 11 is 0. The summed E-state index contributed by atoms with van der Waals surface area (Å²) in [5.41, 5.74) is 3.32. The Labute approximate surface area is 135 Å². The van der Waals surface area contributed by atoms with Crippen LogP contribution in [-0.2, 0) is 0 Å². The normalized spacial score (nSPS) is 11.0. The van der Waals surface area contributed by atoms with E-state index < -0.39 is 16.6 Å². The van der Waals surface area contributed by atoms with E-state index in [9.17, 15) is 20.0 Å². The van der Waals surface area contributed by atoms with Gasteiger partial charge in [0, 0.05) is 29.2 Å². The van der Waals surface area contributed by atoms with Gasteiger partial charge in [0.15, 0.2) is 0 Å². The second kappa shape index (κ2) is 6.21. The minimum absolute atomic E-state index is 0.0171. The molecule has 0 atom stereocenters. The predicted molar refractivity (Wildman–Crippen MR) is 85.9 cm³/mol. The Hall–Kier alpha value is -3.68. The lowest BCUT2D eigenvalue weighted by atomic mass is 10.2. The van der Waals surface area contributed by atoms with Crippen molar-refractivity contribution in [2.45, 2.75) is 0 Å². The van der Waals surface area contributed by atoms with E-state index in [4.69, 9.17) is 0 Å². The Morgan fingerprint density at radius 3 is 2.83 bits per heavy atom. The molecule has 2 aromatic carbocycles. The number of non-ortho nitro benzene ring substituents is 1. The summed E-state index contributed by atoms with van der Waals surface area (Å²) in [5.74, 6) is -0.882. The fraction of sp³-hybridized carbons (Fsp3) is 0. The lowest BCUT2D eigenvalue weighted by Gasteiger charge is -2.08. The Morgan fingerprint density at radius 2 is 2.04 bits per heavy atom. The molecule has 120 valence electrons. The van der Waals surface area contributed by atoms with Gasteiger partial charge in [-0.15, -0.1) is 0 Å². The van der Waals surface area contributed by atoms with Crippen molar-refractivity contribution in [2.24, 2.45) is 5.10 Å². The van der Waals surface area contributed by atoms with E-state index in [1.165, 1.54) is 0 Å². The zero-order valence-corrected chi connectivity index (χ0v) is 12.2. The SMILES string of the molecule is O=C(N/N=C\c1cc([N+](=O)[O-])ccc1[O-])c1c[nH]c2ccccc12. The van der Waals surface area contributed by atoms with Gasteiger partial charge in [0.1, 0.15) is 0 Å². The zero-order valence-electron chi connectivity index (χ0n) is 12.2. The van der Waals surface area contributed by atoms with Crippen LogP contribution in [0.3, 0.4) is 0 Å². The lowest BCUT2D eigenvalue weighted by molar-refractivity contribution is -0.385. The second-order valence-electron chi connectivity index (χ2n) is 4.93. The zero-order chi connectivity index (χ0) is 17.1. The number of nitro groups is 1. The highest BCUT2D eigenvalue weighted by atomic mass is 16.6. The lowest BCUT2D eigenvalue weighted by Crippen LogP contribution is -2.17. The van der Waals surface area contributed by atoms with Crippen LogP contribution in [0, 0.1) is 10.1 Å². The minimum atomic E-state index is -0.610. The predicted octanol–water partition coefficient (Wildman–Crippen LogP) is 1.91. The van der Waals surface area contributed by atoms with Crippen LogP contribution in [0.2, 0.25) is 0 Å². The molecule has 0 aliphatic carbocycles. The number of hydrazone groups is 1. The third-order valence-electron chi connectivity index (χ3n) is 3.41. The van der Waals surface area contributed by atoms with Gasteiger partial charge in [-0.1, -0.05) is 30.0 Å². The van der Waals surface area contributed by atoms with E-state index >= 15 is 0 Å². The molecular formula is C16H11N4O4-. The summed E-state index contributed by atoms with van der Waals surface area (Å²) in [6.07, 6.45) is 2.64. The molecule has 0 bridgehead atoms. The molecule has 0 saturated carbocycles. The van der Waals surface area contributed by atoms with Gasteiger partial charge in [-0.05, 0) is 11.6 Å². The van der Waals surface area contributed by atoms with E-state index in [0.29, 0.717) is 5.56 Å². The molecule has 0 aliphatic rings. The van der Waals surface area contributed by atoms with Gasteiger partial charge in [-0.3, -0.25) is 14.9 Å². The first kappa shape index (κ1) is 15.2. The molecule has 1 amide bonds. The van der Waals surface area contributed by atoms with Gasteiger partial charge < -0.3 is 10.1 Å². The van der Waals surface area contributed by atoms with E-state index in [0.717, 1.165) is 35.3 Å². The van der Waals surface area contributed by atoms with Crippen molar-refractivity contribution in [3.63, 3.8) is 0 Å². The molecule has 2 N–H and O–H groups in total. The Bertz CT molecular complexity index is 962. The Kier molecular flexibility index (Phi) is 3.94. The number of carbonyl (C=O) groups is 1. The number of aromatic amines is 1. The fourth-order valence-electron chi connectivity index (χ4n) is 2.23. The summed E-state index contributed by atoms with van der Waals surface area (Å²) in [4.78, 5) is 25.2. The van der Waals surface area contributed by atoms with Gasteiger partial charge in [0.25, 0.3) is 11.6 Å². The highest BCUT2D eigenvalue weighted by molar-refractivity contribution is 6.06. The van der Waals surface area contributed by atoms with Gasteiger partial charge in [-0.25, -0.2) is 5.43 Å². The van der Waals surface area contributed by atoms with Gasteiger partial charge in [-0.2, -0.15) is 5.10 Å². The highest BCUT2D eigenvalue weighted by Gasteiger charge is 2.10. The number of H-pyrrole nitrogens is 1. The number of aromatic nitrogens is 1. The number of nitro benzene ring substituents is 1.